The summed E-state index contributed by atoms with van der Waals surface area (Å²) >= 11 is 1.37. The van der Waals surface area contributed by atoms with Crippen molar-refractivity contribution in [2.24, 2.45) is 5.41 Å². The second-order valence-corrected chi connectivity index (χ2v) is 8.33. The molecule has 0 radical (unpaired) electrons. The van der Waals surface area contributed by atoms with Crippen molar-refractivity contribution in [1.82, 2.24) is 10.6 Å². The van der Waals surface area contributed by atoms with Crippen molar-refractivity contribution in [3.05, 3.63) is 52.4 Å². The molecule has 2 amide bonds. The smallest absolute Gasteiger partial charge is 0.256 e. The van der Waals surface area contributed by atoms with Gasteiger partial charge in [-0.15, -0.1) is 11.3 Å². The molecule has 0 atom stereocenters. The van der Waals surface area contributed by atoms with Crippen LogP contribution in [0, 0.1) is 5.41 Å². The van der Waals surface area contributed by atoms with Crippen LogP contribution in [0.5, 0.6) is 0 Å². The molecule has 1 fully saturated rings. The summed E-state index contributed by atoms with van der Waals surface area (Å²) in [4.78, 5) is 25.1. The van der Waals surface area contributed by atoms with E-state index >= 15 is 0 Å². The first kappa shape index (κ1) is 19.6. The molecule has 2 heterocycles. The van der Waals surface area contributed by atoms with Gasteiger partial charge in [0, 0.05) is 12.1 Å². The monoisotopic (exact) mass is 385 g/mol. The molecule has 1 aliphatic rings. The number of hydrogen-bond donors (Lipinski definition) is 3. The van der Waals surface area contributed by atoms with Crippen molar-refractivity contribution in [2.45, 2.75) is 33.1 Å². The largest absolute Gasteiger partial charge is 0.351 e. The first-order valence-corrected chi connectivity index (χ1v) is 10.4. The Morgan fingerprint density at radius 2 is 1.81 bits per heavy atom. The van der Waals surface area contributed by atoms with E-state index in [1.807, 2.05) is 29.6 Å². The first-order chi connectivity index (χ1) is 13.0. The molecule has 3 N–H and O–H groups in total. The molecular weight excluding hydrogens is 358 g/mol. The lowest BCUT2D eigenvalue weighted by atomic mass is 9.81. The summed E-state index contributed by atoms with van der Waals surface area (Å²) in [5, 5.41) is 11.7. The zero-order chi connectivity index (χ0) is 19.3. The lowest BCUT2D eigenvalue weighted by Gasteiger charge is -2.34. The van der Waals surface area contributed by atoms with Gasteiger partial charge in [-0.3, -0.25) is 9.59 Å². The third-order valence-corrected chi connectivity index (χ3v) is 6.08. The Balaban J connectivity index is 1.62. The predicted octanol–water partition coefficient (Wildman–Crippen LogP) is 3.68. The second-order valence-electron chi connectivity index (χ2n) is 7.41. The number of benzene rings is 1. The SMILES string of the molecule is CCc1ccc(C(=O)Nc2sccc2C(=O)NCC2(C)CCNCC2)cc1. The number of aryl methyl sites for hydroxylation is 1. The lowest BCUT2D eigenvalue weighted by Crippen LogP contribution is -2.42. The van der Waals surface area contributed by atoms with E-state index in [1.165, 1.54) is 16.9 Å². The molecule has 1 saturated heterocycles. The molecule has 1 aliphatic heterocycles. The van der Waals surface area contributed by atoms with Crippen molar-refractivity contribution in [2.75, 3.05) is 25.0 Å². The molecule has 144 valence electrons. The average Bonchev–Trinajstić information content (AvgIpc) is 3.15. The van der Waals surface area contributed by atoms with Gasteiger partial charge in [0.2, 0.25) is 0 Å². The third-order valence-electron chi connectivity index (χ3n) is 5.25. The van der Waals surface area contributed by atoms with Crippen LogP contribution in [-0.2, 0) is 6.42 Å². The van der Waals surface area contributed by atoms with Gasteiger partial charge in [0.05, 0.1) is 5.56 Å². The summed E-state index contributed by atoms with van der Waals surface area (Å²) in [7, 11) is 0. The molecule has 0 saturated carbocycles. The Morgan fingerprint density at radius 3 is 2.48 bits per heavy atom. The van der Waals surface area contributed by atoms with E-state index in [9.17, 15) is 9.59 Å². The van der Waals surface area contributed by atoms with E-state index in [0.29, 0.717) is 22.7 Å². The zero-order valence-corrected chi connectivity index (χ0v) is 16.7. The molecule has 0 unspecified atom stereocenters. The molecule has 5 nitrogen and oxygen atoms in total. The summed E-state index contributed by atoms with van der Waals surface area (Å²) in [6.07, 6.45) is 3.04. The minimum Gasteiger partial charge on any atom is -0.351 e. The molecule has 1 aromatic heterocycles. The van der Waals surface area contributed by atoms with Gasteiger partial charge in [-0.1, -0.05) is 26.0 Å². The van der Waals surface area contributed by atoms with E-state index in [1.54, 1.807) is 6.07 Å². The summed E-state index contributed by atoms with van der Waals surface area (Å²) in [6, 6.07) is 9.31. The van der Waals surface area contributed by atoms with Crippen molar-refractivity contribution >= 4 is 28.2 Å². The molecule has 3 rings (SSSR count). The highest BCUT2D eigenvalue weighted by Gasteiger charge is 2.27. The zero-order valence-electron chi connectivity index (χ0n) is 15.9. The summed E-state index contributed by atoms with van der Waals surface area (Å²) in [6.45, 7) is 6.92. The molecule has 0 aliphatic carbocycles. The molecule has 27 heavy (non-hydrogen) atoms. The molecule has 6 heteroatoms. The third kappa shape index (κ3) is 4.96. The molecule has 0 bridgehead atoms. The van der Waals surface area contributed by atoms with Crippen LogP contribution in [0.1, 0.15) is 53.0 Å². The van der Waals surface area contributed by atoms with Crippen LogP contribution >= 0.6 is 11.3 Å². The number of carbonyl (C=O) groups is 2. The molecule has 1 aromatic carbocycles. The van der Waals surface area contributed by atoms with Crippen molar-refractivity contribution < 1.29 is 9.59 Å². The maximum absolute atomic E-state index is 12.6. The Bertz CT molecular complexity index is 792. The molecular formula is C21H27N3O2S. The van der Waals surface area contributed by atoms with Gasteiger partial charge in [0.25, 0.3) is 11.8 Å². The maximum atomic E-state index is 12.6. The number of piperidine rings is 1. The lowest BCUT2D eigenvalue weighted by molar-refractivity contribution is 0.0923. The van der Waals surface area contributed by atoms with Gasteiger partial charge in [0.1, 0.15) is 5.00 Å². The van der Waals surface area contributed by atoms with Gasteiger partial charge >= 0.3 is 0 Å². The maximum Gasteiger partial charge on any atom is 0.256 e. The topological polar surface area (TPSA) is 70.2 Å². The van der Waals surface area contributed by atoms with Crippen LogP contribution < -0.4 is 16.0 Å². The standard InChI is InChI=1S/C21H27N3O2S/c1-3-15-4-6-16(7-5-15)18(25)24-20-17(8-13-27-20)19(26)23-14-21(2)9-11-22-12-10-21/h4-8,13,22H,3,9-12,14H2,1-2H3,(H,23,26)(H,24,25). The van der Waals surface area contributed by atoms with Gasteiger partial charge < -0.3 is 16.0 Å². The average molecular weight is 386 g/mol. The highest BCUT2D eigenvalue weighted by molar-refractivity contribution is 7.14. The molecule has 2 aromatic rings. The Labute approximate surface area is 164 Å². The number of hydrogen-bond acceptors (Lipinski definition) is 4. The number of rotatable bonds is 6. The number of anilines is 1. The number of thiophene rings is 1. The van der Waals surface area contributed by atoms with Gasteiger partial charge in [-0.05, 0) is 66.9 Å². The van der Waals surface area contributed by atoms with E-state index < -0.39 is 0 Å². The Hall–Kier alpha value is -2.18. The highest BCUT2D eigenvalue weighted by atomic mass is 32.1. The fourth-order valence-corrected chi connectivity index (χ4v) is 4.03. The summed E-state index contributed by atoms with van der Waals surface area (Å²) in [5.41, 5.74) is 2.43. The fraction of sp³-hybridized carbons (Fsp3) is 0.429. The minimum atomic E-state index is -0.195. The van der Waals surface area contributed by atoms with Crippen LogP contribution in [0.3, 0.4) is 0 Å². The van der Waals surface area contributed by atoms with Crippen molar-refractivity contribution in [1.29, 1.82) is 0 Å². The van der Waals surface area contributed by atoms with Gasteiger partial charge in [0.15, 0.2) is 0 Å². The number of carbonyl (C=O) groups excluding carboxylic acids is 2. The van der Waals surface area contributed by atoms with E-state index in [4.69, 9.17) is 0 Å². The summed E-state index contributed by atoms with van der Waals surface area (Å²) in [5.74, 6) is -0.327. The van der Waals surface area contributed by atoms with Crippen LogP contribution in [0.4, 0.5) is 5.00 Å². The normalized spacial score (nSPS) is 15.9. The minimum absolute atomic E-state index is 0.126. The predicted molar refractivity (Wildman–Crippen MR) is 111 cm³/mol. The number of amides is 2. The van der Waals surface area contributed by atoms with Gasteiger partial charge in [-0.25, -0.2) is 0 Å². The highest BCUT2D eigenvalue weighted by Crippen LogP contribution is 2.28. The van der Waals surface area contributed by atoms with E-state index in [2.05, 4.69) is 29.8 Å². The van der Waals surface area contributed by atoms with Crippen molar-refractivity contribution in [3.63, 3.8) is 0 Å². The second kappa shape index (κ2) is 8.67. The molecule has 0 spiro atoms. The number of nitrogens with one attached hydrogen (secondary N) is 3. The Morgan fingerprint density at radius 1 is 1.11 bits per heavy atom. The van der Waals surface area contributed by atoms with E-state index in [-0.39, 0.29) is 17.2 Å². The van der Waals surface area contributed by atoms with Gasteiger partial charge in [-0.2, -0.15) is 0 Å². The first-order valence-electron chi connectivity index (χ1n) is 9.47. The van der Waals surface area contributed by atoms with Crippen molar-refractivity contribution in [3.8, 4) is 0 Å². The fourth-order valence-electron chi connectivity index (χ4n) is 3.25. The Kier molecular flexibility index (Phi) is 6.29. The van der Waals surface area contributed by atoms with Crippen LogP contribution in [0.15, 0.2) is 35.7 Å². The van der Waals surface area contributed by atoms with Crippen LogP contribution in [0.25, 0.3) is 0 Å². The van der Waals surface area contributed by atoms with Crippen LogP contribution in [-0.4, -0.2) is 31.4 Å². The van der Waals surface area contributed by atoms with Crippen LogP contribution in [0.2, 0.25) is 0 Å². The quantitative estimate of drug-likeness (QED) is 0.710. The summed E-state index contributed by atoms with van der Waals surface area (Å²) < 4.78 is 0. The van der Waals surface area contributed by atoms with E-state index in [0.717, 1.165) is 32.4 Å².